The molecule has 0 saturated heterocycles. The highest BCUT2D eigenvalue weighted by molar-refractivity contribution is 9.10. The Labute approximate surface area is 122 Å². The fraction of sp³-hybridized carbons (Fsp3) is 0.250. The van der Waals surface area contributed by atoms with Gasteiger partial charge in [0.2, 0.25) is 0 Å². The van der Waals surface area contributed by atoms with E-state index in [1.165, 1.54) is 17.2 Å². The largest absolute Gasteiger partial charge is 0.376 e. The van der Waals surface area contributed by atoms with E-state index < -0.39 is 0 Å². The summed E-state index contributed by atoms with van der Waals surface area (Å²) in [5.74, 6) is -0.237. The molecule has 0 fully saturated rings. The Morgan fingerprint density at radius 1 is 1.05 bits per heavy atom. The SMILES string of the molecule is Cc1cc(C)cc(C(C)Nc2cc(Br)ccc2F)c1. The molecule has 1 N–H and O–H groups in total. The predicted octanol–water partition coefficient (Wildman–Crippen LogP) is 5.38. The highest BCUT2D eigenvalue weighted by Crippen LogP contribution is 2.25. The lowest BCUT2D eigenvalue weighted by molar-refractivity contribution is 0.627. The summed E-state index contributed by atoms with van der Waals surface area (Å²) in [4.78, 5) is 0. The molecule has 0 amide bonds. The molecule has 1 atom stereocenters. The second-order valence-corrected chi connectivity index (χ2v) is 5.83. The number of halogens is 2. The summed E-state index contributed by atoms with van der Waals surface area (Å²) >= 11 is 3.36. The molecule has 0 aliphatic carbocycles. The van der Waals surface area contributed by atoms with Crippen molar-refractivity contribution in [1.82, 2.24) is 0 Å². The van der Waals surface area contributed by atoms with Crippen LogP contribution in [-0.4, -0.2) is 0 Å². The smallest absolute Gasteiger partial charge is 0.146 e. The highest BCUT2D eigenvalue weighted by atomic mass is 79.9. The van der Waals surface area contributed by atoms with E-state index in [4.69, 9.17) is 0 Å². The van der Waals surface area contributed by atoms with Crippen molar-refractivity contribution in [3.05, 3.63) is 63.4 Å². The van der Waals surface area contributed by atoms with Crippen LogP contribution in [0.1, 0.15) is 29.7 Å². The third-order valence-corrected chi connectivity index (χ3v) is 3.54. The monoisotopic (exact) mass is 321 g/mol. The second kappa shape index (κ2) is 5.74. The summed E-state index contributed by atoms with van der Waals surface area (Å²) in [5.41, 5.74) is 4.12. The van der Waals surface area contributed by atoms with E-state index in [0.29, 0.717) is 5.69 Å². The summed E-state index contributed by atoms with van der Waals surface area (Å²) in [6.07, 6.45) is 0. The van der Waals surface area contributed by atoms with Crippen molar-refractivity contribution < 1.29 is 4.39 Å². The maximum absolute atomic E-state index is 13.7. The molecule has 3 heteroatoms. The number of hydrogen-bond acceptors (Lipinski definition) is 1. The summed E-state index contributed by atoms with van der Waals surface area (Å²) in [6.45, 7) is 6.18. The van der Waals surface area contributed by atoms with E-state index in [0.717, 1.165) is 10.0 Å². The Hall–Kier alpha value is -1.35. The average Bonchev–Trinajstić information content (AvgIpc) is 2.32. The molecule has 0 radical (unpaired) electrons. The van der Waals surface area contributed by atoms with Gasteiger partial charge in [0.15, 0.2) is 0 Å². The minimum absolute atomic E-state index is 0.0578. The predicted molar refractivity (Wildman–Crippen MR) is 82.1 cm³/mol. The molecule has 0 aliphatic rings. The first-order valence-corrected chi connectivity index (χ1v) is 7.05. The fourth-order valence-corrected chi connectivity index (χ4v) is 2.55. The van der Waals surface area contributed by atoms with Crippen molar-refractivity contribution in [2.24, 2.45) is 0 Å². The molecule has 19 heavy (non-hydrogen) atoms. The molecule has 0 aliphatic heterocycles. The first kappa shape index (κ1) is 14.1. The molecule has 2 aromatic carbocycles. The molecular weight excluding hydrogens is 305 g/mol. The lowest BCUT2D eigenvalue weighted by atomic mass is 10.0. The van der Waals surface area contributed by atoms with Crippen molar-refractivity contribution in [3.8, 4) is 0 Å². The van der Waals surface area contributed by atoms with Gasteiger partial charge in [-0.25, -0.2) is 4.39 Å². The van der Waals surface area contributed by atoms with Crippen molar-refractivity contribution >= 4 is 21.6 Å². The van der Waals surface area contributed by atoms with Crippen LogP contribution >= 0.6 is 15.9 Å². The van der Waals surface area contributed by atoms with Crippen LogP contribution in [0.4, 0.5) is 10.1 Å². The minimum atomic E-state index is -0.237. The molecule has 1 nitrogen and oxygen atoms in total. The zero-order chi connectivity index (χ0) is 14.0. The van der Waals surface area contributed by atoms with E-state index in [-0.39, 0.29) is 11.9 Å². The third-order valence-electron chi connectivity index (χ3n) is 3.04. The van der Waals surface area contributed by atoms with E-state index in [1.54, 1.807) is 12.1 Å². The molecule has 2 aromatic rings. The topological polar surface area (TPSA) is 12.0 Å². The van der Waals surface area contributed by atoms with E-state index in [9.17, 15) is 4.39 Å². The quantitative estimate of drug-likeness (QED) is 0.800. The number of aryl methyl sites for hydroxylation is 2. The lowest BCUT2D eigenvalue weighted by Gasteiger charge is -2.17. The van der Waals surface area contributed by atoms with Crippen LogP contribution in [0, 0.1) is 19.7 Å². The second-order valence-electron chi connectivity index (χ2n) is 4.91. The Morgan fingerprint density at radius 2 is 1.68 bits per heavy atom. The number of benzene rings is 2. The zero-order valence-corrected chi connectivity index (χ0v) is 12.9. The van der Waals surface area contributed by atoms with Gasteiger partial charge in [0.1, 0.15) is 5.82 Å². The Morgan fingerprint density at radius 3 is 2.32 bits per heavy atom. The zero-order valence-electron chi connectivity index (χ0n) is 11.3. The van der Waals surface area contributed by atoms with Gasteiger partial charge < -0.3 is 5.32 Å². The van der Waals surface area contributed by atoms with Gasteiger partial charge in [0, 0.05) is 10.5 Å². The molecule has 0 spiro atoms. The standard InChI is InChI=1S/C16H17BrFN/c1-10-6-11(2)8-13(7-10)12(3)19-16-9-14(17)4-5-15(16)18/h4-9,12,19H,1-3H3. The first-order chi connectivity index (χ1) is 8.95. The van der Waals surface area contributed by atoms with Crippen molar-refractivity contribution in [3.63, 3.8) is 0 Å². The van der Waals surface area contributed by atoms with Gasteiger partial charge in [-0.05, 0) is 44.5 Å². The summed E-state index contributed by atoms with van der Waals surface area (Å²) in [7, 11) is 0. The molecule has 100 valence electrons. The molecular formula is C16H17BrFN. The minimum Gasteiger partial charge on any atom is -0.376 e. The maximum atomic E-state index is 13.7. The van der Waals surface area contributed by atoms with Crippen LogP contribution in [-0.2, 0) is 0 Å². The maximum Gasteiger partial charge on any atom is 0.146 e. The highest BCUT2D eigenvalue weighted by Gasteiger charge is 2.09. The van der Waals surface area contributed by atoms with Crippen LogP contribution in [0.3, 0.4) is 0 Å². The lowest BCUT2D eigenvalue weighted by Crippen LogP contribution is -2.08. The number of anilines is 1. The number of hydrogen-bond donors (Lipinski definition) is 1. The van der Waals surface area contributed by atoms with Crippen molar-refractivity contribution in [2.45, 2.75) is 26.8 Å². The van der Waals surface area contributed by atoms with Crippen LogP contribution in [0.15, 0.2) is 40.9 Å². The molecule has 0 aromatic heterocycles. The molecule has 0 saturated carbocycles. The van der Waals surface area contributed by atoms with Crippen molar-refractivity contribution in [1.29, 1.82) is 0 Å². The first-order valence-electron chi connectivity index (χ1n) is 6.25. The third kappa shape index (κ3) is 3.57. The van der Waals surface area contributed by atoms with Crippen LogP contribution in [0.5, 0.6) is 0 Å². The molecule has 2 rings (SSSR count). The number of rotatable bonds is 3. The van der Waals surface area contributed by atoms with Gasteiger partial charge in [0.25, 0.3) is 0 Å². The fourth-order valence-electron chi connectivity index (χ4n) is 2.18. The van der Waals surface area contributed by atoms with E-state index in [2.05, 4.69) is 53.3 Å². The number of nitrogens with one attached hydrogen (secondary N) is 1. The van der Waals surface area contributed by atoms with Crippen LogP contribution in [0.2, 0.25) is 0 Å². The summed E-state index contributed by atoms with van der Waals surface area (Å²) < 4.78 is 14.6. The molecule has 0 bridgehead atoms. The Bertz CT molecular complexity index is 575. The molecule has 0 heterocycles. The van der Waals surface area contributed by atoms with E-state index in [1.807, 2.05) is 6.92 Å². The average molecular weight is 322 g/mol. The van der Waals surface area contributed by atoms with Crippen LogP contribution < -0.4 is 5.32 Å². The van der Waals surface area contributed by atoms with Gasteiger partial charge in [-0.2, -0.15) is 0 Å². The normalized spacial score (nSPS) is 12.3. The van der Waals surface area contributed by atoms with Gasteiger partial charge in [-0.15, -0.1) is 0 Å². The Kier molecular flexibility index (Phi) is 4.25. The van der Waals surface area contributed by atoms with E-state index >= 15 is 0 Å². The van der Waals surface area contributed by atoms with Gasteiger partial charge >= 0.3 is 0 Å². The van der Waals surface area contributed by atoms with Crippen molar-refractivity contribution in [2.75, 3.05) is 5.32 Å². The Balaban J connectivity index is 2.25. The van der Waals surface area contributed by atoms with Gasteiger partial charge in [0.05, 0.1) is 5.69 Å². The molecule has 1 unspecified atom stereocenters. The van der Waals surface area contributed by atoms with Gasteiger partial charge in [-0.1, -0.05) is 45.3 Å². The summed E-state index contributed by atoms with van der Waals surface area (Å²) in [5, 5.41) is 3.22. The van der Waals surface area contributed by atoms with Gasteiger partial charge in [-0.3, -0.25) is 0 Å². The summed E-state index contributed by atoms with van der Waals surface area (Å²) in [6, 6.07) is 11.4. The van der Waals surface area contributed by atoms with Crippen LogP contribution in [0.25, 0.3) is 0 Å².